The molecule has 62 valence electrons. The van der Waals surface area contributed by atoms with Gasteiger partial charge in [-0.25, -0.2) is 0 Å². The number of hydrogen-bond donors (Lipinski definition) is 2. The highest BCUT2D eigenvalue weighted by atomic mass is 14.4. The predicted octanol–water partition coefficient (Wildman–Crippen LogP) is 2.50. The zero-order chi connectivity index (χ0) is 8.85. The van der Waals surface area contributed by atoms with Crippen molar-refractivity contribution in [2.45, 2.75) is 20.8 Å². The van der Waals surface area contributed by atoms with E-state index in [9.17, 15) is 0 Å². The summed E-state index contributed by atoms with van der Waals surface area (Å²) in [7, 11) is 0. The van der Waals surface area contributed by atoms with Gasteiger partial charge in [0.2, 0.25) is 0 Å². The molecule has 0 radical (unpaired) electrons. The zero-order valence-electron chi connectivity index (χ0n) is 7.39. The summed E-state index contributed by atoms with van der Waals surface area (Å²) in [5, 5.41) is 14.3. The van der Waals surface area contributed by atoms with Crippen molar-refractivity contribution in [3.63, 3.8) is 0 Å². The molecule has 0 rings (SSSR count). The molecule has 0 aliphatic rings. The Hall–Kier alpha value is -0.920. The van der Waals surface area contributed by atoms with Gasteiger partial charge >= 0.3 is 0 Å². The van der Waals surface area contributed by atoms with Crippen LogP contribution in [0.2, 0.25) is 0 Å². The Bertz CT molecular complexity index is 168. The number of nitrogens with one attached hydrogen (secondary N) is 2. The van der Waals surface area contributed by atoms with Gasteiger partial charge in [-0.15, -0.1) is 0 Å². The number of rotatable bonds is 4. The summed E-state index contributed by atoms with van der Waals surface area (Å²) < 4.78 is 0. The normalized spacial score (nSPS) is 13.8. The van der Waals surface area contributed by atoms with Crippen molar-refractivity contribution in [3.8, 4) is 0 Å². The summed E-state index contributed by atoms with van der Waals surface area (Å²) in [5.74, 6) is 0.782. The van der Waals surface area contributed by atoms with E-state index in [-0.39, 0.29) is 5.92 Å². The van der Waals surface area contributed by atoms with E-state index in [1.807, 2.05) is 6.92 Å². The van der Waals surface area contributed by atoms with E-state index in [0.717, 1.165) is 0 Å². The van der Waals surface area contributed by atoms with Gasteiger partial charge in [-0.2, -0.15) is 0 Å². The highest BCUT2D eigenvalue weighted by Gasteiger charge is 2.09. The number of hydrogen-bond acceptors (Lipinski definition) is 2. The van der Waals surface area contributed by atoms with Crippen LogP contribution in [0.1, 0.15) is 20.8 Å². The third-order valence-corrected chi connectivity index (χ3v) is 1.86. The molecule has 0 fully saturated rings. The molecule has 0 aliphatic carbocycles. The molecular formula is C9H16N2. The molecule has 1 unspecified atom stereocenters. The molecule has 1 atom stereocenters. The fraction of sp³-hybridized carbons (Fsp3) is 0.556. The maximum Gasteiger partial charge on any atom is 0.0345 e. The van der Waals surface area contributed by atoms with Crippen LogP contribution in [-0.2, 0) is 0 Å². The van der Waals surface area contributed by atoms with Gasteiger partial charge in [0.15, 0.2) is 0 Å². The van der Waals surface area contributed by atoms with E-state index in [1.54, 1.807) is 12.2 Å². The summed E-state index contributed by atoms with van der Waals surface area (Å²) in [6, 6.07) is 0. The first-order valence-electron chi connectivity index (χ1n) is 3.85. The molecule has 0 aromatic rings. The van der Waals surface area contributed by atoms with Gasteiger partial charge < -0.3 is 10.8 Å². The van der Waals surface area contributed by atoms with Crippen molar-refractivity contribution in [1.29, 1.82) is 10.8 Å². The van der Waals surface area contributed by atoms with Crippen molar-refractivity contribution in [2.75, 3.05) is 0 Å². The topological polar surface area (TPSA) is 47.7 Å². The van der Waals surface area contributed by atoms with E-state index >= 15 is 0 Å². The maximum absolute atomic E-state index is 7.54. The molecule has 0 aromatic carbocycles. The van der Waals surface area contributed by atoms with E-state index in [1.165, 1.54) is 6.21 Å². The molecular weight excluding hydrogens is 136 g/mol. The molecule has 0 aliphatic heterocycles. The number of allylic oxidation sites excluding steroid dienone is 2. The third kappa shape index (κ3) is 3.71. The summed E-state index contributed by atoms with van der Waals surface area (Å²) >= 11 is 0. The Balaban J connectivity index is 4.03. The van der Waals surface area contributed by atoms with Gasteiger partial charge in [-0.1, -0.05) is 20.8 Å². The van der Waals surface area contributed by atoms with Crippen molar-refractivity contribution < 1.29 is 0 Å². The van der Waals surface area contributed by atoms with Crippen LogP contribution < -0.4 is 0 Å². The van der Waals surface area contributed by atoms with Crippen molar-refractivity contribution in [3.05, 3.63) is 12.2 Å². The fourth-order valence-corrected chi connectivity index (χ4v) is 0.663. The van der Waals surface area contributed by atoms with E-state index in [2.05, 4.69) is 13.8 Å². The molecule has 0 saturated carbocycles. The van der Waals surface area contributed by atoms with Crippen LogP contribution >= 0.6 is 0 Å². The smallest absolute Gasteiger partial charge is 0.0345 e. The van der Waals surface area contributed by atoms with Crippen LogP contribution in [0.5, 0.6) is 0 Å². The quantitative estimate of drug-likeness (QED) is 0.581. The standard InChI is InChI=1S/C9H16N2/c1-7(2)8(3)9(11)5-4-6-10/h4-8,10-11H,1-3H3/b5-4-,10-6?,11-9?. The second-order valence-electron chi connectivity index (χ2n) is 3.01. The van der Waals surface area contributed by atoms with Gasteiger partial charge in [0, 0.05) is 11.9 Å². The summed E-state index contributed by atoms with van der Waals surface area (Å²) in [5.41, 5.74) is 0.600. The monoisotopic (exact) mass is 152 g/mol. The molecule has 2 heteroatoms. The lowest BCUT2D eigenvalue weighted by atomic mass is 9.93. The van der Waals surface area contributed by atoms with E-state index in [4.69, 9.17) is 10.8 Å². The Morgan fingerprint density at radius 1 is 1.27 bits per heavy atom. The van der Waals surface area contributed by atoms with Gasteiger partial charge in [0.25, 0.3) is 0 Å². The minimum atomic E-state index is 0.284. The second kappa shape index (κ2) is 4.83. The van der Waals surface area contributed by atoms with Crippen LogP contribution in [0.25, 0.3) is 0 Å². The predicted molar refractivity (Wildman–Crippen MR) is 49.7 cm³/mol. The summed E-state index contributed by atoms with van der Waals surface area (Å²) in [4.78, 5) is 0. The van der Waals surface area contributed by atoms with Gasteiger partial charge in [0.05, 0.1) is 0 Å². The van der Waals surface area contributed by atoms with Crippen LogP contribution in [0, 0.1) is 22.7 Å². The Labute approximate surface area is 68.3 Å². The molecule has 0 amide bonds. The molecule has 11 heavy (non-hydrogen) atoms. The first-order chi connectivity index (χ1) is 5.09. The van der Waals surface area contributed by atoms with Crippen LogP contribution in [0.15, 0.2) is 12.2 Å². The Morgan fingerprint density at radius 2 is 1.82 bits per heavy atom. The van der Waals surface area contributed by atoms with E-state index in [0.29, 0.717) is 11.6 Å². The molecule has 2 nitrogen and oxygen atoms in total. The first-order valence-corrected chi connectivity index (χ1v) is 3.85. The van der Waals surface area contributed by atoms with Crippen molar-refractivity contribution in [1.82, 2.24) is 0 Å². The molecule has 0 aromatic heterocycles. The molecule has 0 heterocycles. The second-order valence-corrected chi connectivity index (χ2v) is 3.01. The van der Waals surface area contributed by atoms with E-state index < -0.39 is 0 Å². The highest BCUT2D eigenvalue weighted by Crippen LogP contribution is 2.11. The largest absolute Gasteiger partial charge is 0.309 e. The average molecular weight is 152 g/mol. The molecule has 0 saturated heterocycles. The van der Waals surface area contributed by atoms with Gasteiger partial charge in [-0.3, -0.25) is 0 Å². The van der Waals surface area contributed by atoms with Crippen LogP contribution in [0.4, 0.5) is 0 Å². The third-order valence-electron chi connectivity index (χ3n) is 1.86. The Kier molecular flexibility index (Phi) is 4.42. The van der Waals surface area contributed by atoms with Gasteiger partial charge in [-0.05, 0) is 24.0 Å². The highest BCUT2D eigenvalue weighted by molar-refractivity contribution is 5.96. The summed E-state index contributed by atoms with van der Waals surface area (Å²) in [6.07, 6.45) is 4.46. The van der Waals surface area contributed by atoms with Crippen LogP contribution in [0.3, 0.4) is 0 Å². The molecule has 2 N–H and O–H groups in total. The lowest BCUT2D eigenvalue weighted by Gasteiger charge is -2.13. The molecule has 0 spiro atoms. The average Bonchev–Trinajstić information content (AvgIpc) is 1.98. The fourth-order valence-electron chi connectivity index (χ4n) is 0.663. The zero-order valence-corrected chi connectivity index (χ0v) is 7.39. The lowest BCUT2D eigenvalue weighted by molar-refractivity contribution is 0.532. The lowest BCUT2D eigenvalue weighted by Crippen LogP contribution is -2.13. The van der Waals surface area contributed by atoms with Crippen LogP contribution in [-0.4, -0.2) is 11.9 Å². The van der Waals surface area contributed by atoms with Crippen molar-refractivity contribution >= 4 is 11.9 Å². The minimum absolute atomic E-state index is 0.284. The SMILES string of the molecule is CC(C)C(C)C(=N)/C=C\C=N. The van der Waals surface area contributed by atoms with Crippen molar-refractivity contribution in [2.24, 2.45) is 11.8 Å². The minimum Gasteiger partial charge on any atom is -0.309 e. The summed E-state index contributed by atoms with van der Waals surface area (Å²) in [6.45, 7) is 6.22. The molecule has 0 bridgehead atoms. The van der Waals surface area contributed by atoms with Gasteiger partial charge in [0.1, 0.15) is 0 Å². The Morgan fingerprint density at radius 3 is 2.18 bits per heavy atom. The first kappa shape index (κ1) is 10.1. The maximum atomic E-state index is 7.54.